The van der Waals surface area contributed by atoms with Crippen molar-refractivity contribution < 1.29 is 36.7 Å². The van der Waals surface area contributed by atoms with E-state index in [1.54, 1.807) is 6.92 Å². The van der Waals surface area contributed by atoms with Gasteiger partial charge in [-0.3, -0.25) is 9.59 Å². The summed E-state index contributed by atoms with van der Waals surface area (Å²) in [6.45, 7) is 4.46. The van der Waals surface area contributed by atoms with Crippen molar-refractivity contribution in [2.24, 2.45) is 0 Å². The maximum Gasteiger partial charge on any atom is 0.418 e. The Morgan fingerprint density at radius 3 is 2.38 bits per heavy atom. The summed E-state index contributed by atoms with van der Waals surface area (Å²) < 4.78 is 57.1. The second-order valence-electron chi connectivity index (χ2n) is 7.09. The van der Waals surface area contributed by atoms with Crippen molar-refractivity contribution in [3.8, 4) is 11.5 Å². The Kier molecular flexibility index (Phi) is 7.83. The van der Waals surface area contributed by atoms with Crippen molar-refractivity contribution in [1.29, 1.82) is 0 Å². The highest BCUT2D eigenvalue weighted by Gasteiger charge is 2.34. The largest absolute Gasteiger partial charge is 0.490 e. The Bertz CT molecular complexity index is 1140. The first-order valence-corrected chi connectivity index (χ1v) is 10.5. The van der Waals surface area contributed by atoms with Gasteiger partial charge in [0.1, 0.15) is 0 Å². The summed E-state index contributed by atoms with van der Waals surface area (Å²) >= 11 is 0. The van der Waals surface area contributed by atoms with E-state index in [9.17, 15) is 22.8 Å². The highest BCUT2D eigenvalue weighted by molar-refractivity contribution is 6.06. The van der Waals surface area contributed by atoms with Crippen LogP contribution >= 0.6 is 0 Å². The van der Waals surface area contributed by atoms with Crippen LogP contribution in [0.4, 0.5) is 24.5 Å². The van der Waals surface area contributed by atoms with Gasteiger partial charge in [0, 0.05) is 11.3 Å². The third-order valence-corrected chi connectivity index (χ3v) is 4.54. The zero-order valence-corrected chi connectivity index (χ0v) is 18.5. The molecule has 0 bridgehead atoms. The molecule has 7 nitrogen and oxygen atoms in total. The normalized spacial score (nSPS) is 11.1. The Balaban J connectivity index is 1.84. The molecule has 0 aliphatic carbocycles. The summed E-state index contributed by atoms with van der Waals surface area (Å²) in [5, 5.41) is 4.62. The van der Waals surface area contributed by atoms with Crippen LogP contribution in [0.1, 0.15) is 46.7 Å². The number of alkyl halides is 3. The van der Waals surface area contributed by atoms with E-state index >= 15 is 0 Å². The Morgan fingerprint density at radius 1 is 0.941 bits per heavy atom. The van der Waals surface area contributed by atoms with E-state index < -0.39 is 29.2 Å². The van der Waals surface area contributed by atoms with Crippen LogP contribution in [-0.4, -0.2) is 25.0 Å². The molecule has 0 fully saturated rings. The molecule has 0 spiro atoms. The molecule has 0 aliphatic rings. The fourth-order valence-electron chi connectivity index (χ4n) is 3.01. The first kappa shape index (κ1) is 24.7. The molecule has 3 rings (SSSR count). The summed E-state index contributed by atoms with van der Waals surface area (Å²) in [5.41, 5.74) is -1.60. The molecule has 34 heavy (non-hydrogen) atoms. The number of halogens is 3. The second kappa shape index (κ2) is 10.8. The van der Waals surface area contributed by atoms with Gasteiger partial charge in [0.05, 0.1) is 30.7 Å². The predicted molar refractivity (Wildman–Crippen MR) is 119 cm³/mol. The monoisotopic (exact) mass is 476 g/mol. The van der Waals surface area contributed by atoms with E-state index in [2.05, 4.69) is 10.6 Å². The van der Waals surface area contributed by atoms with Crippen molar-refractivity contribution in [3.63, 3.8) is 0 Å². The van der Waals surface area contributed by atoms with Gasteiger partial charge >= 0.3 is 6.18 Å². The minimum Gasteiger partial charge on any atom is -0.490 e. The summed E-state index contributed by atoms with van der Waals surface area (Å²) in [6.07, 6.45) is -2.75. The Morgan fingerprint density at radius 2 is 1.74 bits per heavy atom. The van der Waals surface area contributed by atoms with Crippen LogP contribution in [0.3, 0.4) is 0 Å². The lowest BCUT2D eigenvalue weighted by Crippen LogP contribution is -2.18. The minimum absolute atomic E-state index is 0.0533. The van der Waals surface area contributed by atoms with Crippen LogP contribution in [0.2, 0.25) is 0 Å². The molecule has 0 radical (unpaired) electrons. The quantitative estimate of drug-likeness (QED) is 0.396. The first-order chi connectivity index (χ1) is 16.2. The molecule has 0 aliphatic heterocycles. The van der Waals surface area contributed by atoms with Crippen LogP contribution in [0, 0.1) is 0 Å². The van der Waals surface area contributed by atoms with Gasteiger partial charge in [-0.15, -0.1) is 0 Å². The van der Waals surface area contributed by atoms with Crippen LogP contribution in [-0.2, 0) is 6.18 Å². The van der Waals surface area contributed by atoms with E-state index in [1.165, 1.54) is 42.7 Å². The molecule has 10 heteroatoms. The molecule has 180 valence electrons. The highest BCUT2D eigenvalue weighted by Crippen LogP contribution is 2.37. The highest BCUT2D eigenvalue weighted by atomic mass is 19.4. The van der Waals surface area contributed by atoms with Gasteiger partial charge in [-0.1, -0.05) is 6.92 Å². The molecule has 1 aromatic heterocycles. The van der Waals surface area contributed by atoms with E-state index in [-0.39, 0.29) is 17.0 Å². The van der Waals surface area contributed by atoms with Crippen molar-refractivity contribution in [3.05, 3.63) is 71.7 Å². The number of furan rings is 1. The molecule has 2 N–H and O–H groups in total. The van der Waals surface area contributed by atoms with Gasteiger partial charge in [-0.2, -0.15) is 13.2 Å². The molecule has 0 saturated carbocycles. The zero-order chi connectivity index (χ0) is 24.7. The molecule has 1 heterocycles. The molecule has 3 aromatic rings. The van der Waals surface area contributed by atoms with Crippen LogP contribution in [0.5, 0.6) is 11.5 Å². The molecule has 0 unspecified atom stereocenters. The van der Waals surface area contributed by atoms with Crippen molar-refractivity contribution in [2.75, 3.05) is 23.8 Å². The van der Waals surface area contributed by atoms with Gasteiger partial charge in [0.2, 0.25) is 0 Å². The van der Waals surface area contributed by atoms with E-state index in [1.807, 2.05) is 6.92 Å². The lowest BCUT2D eigenvalue weighted by molar-refractivity contribution is -0.136. The van der Waals surface area contributed by atoms with E-state index in [4.69, 9.17) is 13.9 Å². The standard InChI is InChI=1S/C24H23F3N2O5/c1-3-11-33-19-10-7-15(13-21(19)32-4-2)22(30)29-18-9-8-16(14-17(18)24(25,26)27)28-23(31)20-6-5-12-34-20/h5-10,12-14H,3-4,11H2,1-2H3,(H,28,31)(H,29,30). The molecular weight excluding hydrogens is 453 g/mol. The van der Waals surface area contributed by atoms with Gasteiger partial charge in [0.25, 0.3) is 11.8 Å². The predicted octanol–water partition coefficient (Wildman–Crippen LogP) is 5.99. The zero-order valence-electron chi connectivity index (χ0n) is 18.5. The molecule has 0 atom stereocenters. The topological polar surface area (TPSA) is 89.8 Å². The van der Waals surface area contributed by atoms with Crippen LogP contribution < -0.4 is 20.1 Å². The smallest absolute Gasteiger partial charge is 0.418 e. The maximum atomic E-state index is 13.7. The number of rotatable bonds is 9. The van der Waals surface area contributed by atoms with Gasteiger partial charge in [-0.25, -0.2) is 0 Å². The number of amides is 2. The molecular formula is C24H23F3N2O5. The molecule has 2 amide bonds. The summed E-state index contributed by atoms with van der Waals surface area (Å²) in [5.74, 6) is -0.768. The van der Waals surface area contributed by atoms with Crippen LogP contribution in [0.25, 0.3) is 0 Å². The number of benzene rings is 2. The first-order valence-electron chi connectivity index (χ1n) is 10.5. The van der Waals surface area contributed by atoms with Gasteiger partial charge < -0.3 is 24.5 Å². The average Bonchev–Trinajstić information content (AvgIpc) is 3.34. The van der Waals surface area contributed by atoms with Gasteiger partial charge in [-0.05, 0) is 61.9 Å². The second-order valence-corrected chi connectivity index (χ2v) is 7.09. The number of carbonyl (C=O) groups excluding carboxylic acids is 2. The lowest BCUT2D eigenvalue weighted by Gasteiger charge is -2.16. The molecule has 0 saturated heterocycles. The maximum absolute atomic E-state index is 13.7. The number of carbonyl (C=O) groups is 2. The number of hydrogen-bond donors (Lipinski definition) is 2. The Hall–Kier alpha value is -3.95. The SMILES string of the molecule is CCCOc1ccc(C(=O)Nc2ccc(NC(=O)c3ccco3)cc2C(F)(F)F)cc1OCC. The third-order valence-electron chi connectivity index (χ3n) is 4.54. The van der Waals surface area contributed by atoms with Crippen molar-refractivity contribution in [2.45, 2.75) is 26.4 Å². The number of anilines is 2. The number of hydrogen-bond acceptors (Lipinski definition) is 5. The van der Waals surface area contributed by atoms with Crippen molar-refractivity contribution >= 4 is 23.2 Å². The summed E-state index contributed by atoms with van der Waals surface area (Å²) in [6, 6.07) is 10.3. The molecule has 2 aromatic carbocycles. The van der Waals surface area contributed by atoms with Crippen LogP contribution in [0.15, 0.2) is 59.2 Å². The number of ether oxygens (including phenoxy) is 2. The summed E-state index contributed by atoms with van der Waals surface area (Å²) in [7, 11) is 0. The van der Waals surface area contributed by atoms with Crippen molar-refractivity contribution in [1.82, 2.24) is 0 Å². The average molecular weight is 476 g/mol. The minimum atomic E-state index is -4.79. The fraction of sp³-hybridized carbons (Fsp3) is 0.250. The van der Waals surface area contributed by atoms with E-state index in [0.717, 1.165) is 18.6 Å². The number of nitrogens with one attached hydrogen (secondary N) is 2. The summed E-state index contributed by atoms with van der Waals surface area (Å²) in [4.78, 5) is 24.8. The fourth-order valence-corrected chi connectivity index (χ4v) is 3.01. The van der Waals surface area contributed by atoms with Gasteiger partial charge in [0.15, 0.2) is 17.3 Å². The lowest BCUT2D eigenvalue weighted by atomic mass is 10.1. The Labute approximate surface area is 193 Å². The van der Waals surface area contributed by atoms with E-state index in [0.29, 0.717) is 24.7 Å². The third kappa shape index (κ3) is 6.09.